The fourth-order valence-electron chi connectivity index (χ4n) is 3.70. The summed E-state index contributed by atoms with van der Waals surface area (Å²) in [4.78, 5) is 25.8. The van der Waals surface area contributed by atoms with Gasteiger partial charge in [-0.2, -0.15) is 0 Å². The predicted octanol–water partition coefficient (Wildman–Crippen LogP) is 4.96. The molecule has 1 fully saturated rings. The Morgan fingerprint density at radius 2 is 2.00 bits per heavy atom. The van der Waals surface area contributed by atoms with E-state index in [1.807, 2.05) is 31.2 Å². The fraction of sp³-hybridized carbons (Fsp3) is 0.381. The molecule has 0 atom stereocenters. The highest BCUT2D eigenvalue weighted by molar-refractivity contribution is 7.20. The van der Waals surface area contributed by atoms with Crippen molar-refractivity contribution in [1.82, 2.24) is 15.3 Å². The first-order chi connectivity index (χ1) is 13.6. The van der Waals surface area contributed by atoms with Crippen LogP contribution in [-0.2, 0) is 6.54 Å². The molecule has 1 saturated heterocycles. The van der Waals surface area contributed by atoms with Gasteiger partial charge < -0.3 is 10.2 Å². The number of rotatable bonds is 4. The fourth-order valence-corrected chi connectivity index (χ4v) is 4.97. The first kappa shape index (κ1) is 19.2. The average Bonchev–Trinajstić information content (AvgIpc) is 2.87. The number of nitrogens with zero attached hydrogens (tertiary/aromatic N) is 3. The van der Waals surface area contributed by atoms with E-state index < -0.39 is 0 Å². The van der Waals surface area contributed by atoms with Crippen LogP contribution >= 0.6 is 22.9 Å². The zero-order chi connectivity index (χ0) is 19.5. The number of fused-ring (bicyclic) bond motifs is 1. The van der Waals surface area contributed by atoms with Gasteiger partial charge in [-0.15, -0.1) is 11.3 Å². The highest BCUT2D eigenvalue weighted by Crippen LogP contribution is 2.35. The maximum Gasteiger partial charge on any atom is 0.261 e. The number of nitrogens with one attached hydrogen (secondary N) is 1. The molecule has 1 aliphatic rings. The summed E-state index contributed by atoms with van der Waals surface area (Å²) in [7, 11) is 0. The van der Waals surface area contributed by atoms with Gasteiger partial charge in [-0.05, 0) is 43.0 Å². The van der Waals surface area contributed by atoms with Crippen molar-refractivity contribution in [2.45, 2.75) is 39.2 Å². The van der Waals surface area contributed by atoms with E-state index in [0.29, 0.717) is 16.4 Å². The van der Waals surface area contributed by atoms with Crippen molar-refractivity contribution in [1.29, 1.82) is 0 Å². The standard InChI is InChI=1S/C21H23ClN4OS/c1-14-17-19(26-9-4-2-3-5-10-26)24-13-25-21(17)28-18(14)20(27)23-12-15-7-6-8-16(22)11-15/h6-8,11,13H,2-5,9-10,12H2,1H3,(H,23,27). The first-order valence-corrected chi connectivity index (χ1v) is 10.8. The predicted molar refractivity (Wildman–Crippen MR) is 115 cm³/mol. The van der Waals surface area contributed by atoms with Crippen LogP contribution < -0.4 is 10.2 Å². The molecule has 28 heavy (non-hydrogen) atoms. The minimum atomic E-state index is -0.0812. The molecule has 0 radical (unpaired) electrons. The molecule has 0 saturated carbocycles. The second-order valence-electron chi connectivity index (χ2n) is 7.15. The van der Waals surface area contributed by atoms with Gasteiger partial charge in [0, 0.05) is 24.7 Å². The molecular formula is C21H23ClN4OS. The summed E-state index contributed by atoms with van der Waals surface area (Å²) in [5, 5.41) is 4.69. The van der Waals surface area contributed by atoms with E-state index in [9.17, 15) is 4.79 Å². The van der Waals surface area contributed by atoms with Gasteiger partial charge in [0.1, 0.15) is 17.0 Å². The Labute approximate surface area is 173 Å². The molecule has 0 aliphatic carbocycles. The highest BCUT2D eigenvalue weighted by Gasteiger charge is 2.22. The molecule has 146 valence electrons. The van der Waals surface area contributed by atoms with E-state index in [1.54, 1.807) is 6.33 Å². The third-order valence-electron chi connectivity index (χ3n) is 5.16. The van der Waals surface area contributed by atoms with E-state index in [1.165, 1.54) is 37.0 Å². The van der Waals surface area contributed by atoms with Crippen LogP contribution in [0.25, 0.3) is 10.2 Å². The van der Waals surface area contributed by atoms with E-state index in [-0.39, 0.29) is 5.91 Å². The normalized spacial score (nSPS) is 14.9. The molecule has 7 heteroatoms. The Balaban J connectivity index is 1.60. The number of hydrogen-bond donors (Lipinski definition) is 1. The number of aromatic nitrogens is 2. The largest absolute Gasteiger partial charge is 0.356 e. The van der Waals surface area contributed by atoms with Crippen LogP contribution in [-0.4, -0.2) is 29.0 Å². The molecule has 0 unspecified atom stereocenters. The summed E-state index contributed by atoms with van der Waals surface area (Å²) in [6.45, 7) is 4.46. The lowest BCUT2D eigenvalue weighted by molar-refractivity contribution is 0.0954. The number of amides is 1. The molecule has 1 aliphatic heterocycles. The lowest BCUT2D eigenvalue weighted by Crippen LogP contribution is -2.25. The van der Waals surface area contributed by atoms with Crippen LogP contribution in [0.5, 0.6) is 0 Å². The number of hydrogen-bond acceptors (Lipinski definition) is 5. The lowest BCUT2D eigenvalue weighted by atomic mass is 10.1. The average molecular weight is 415 g/mol. The zero-order valence-corrected chi connectivity index (χ0v) is 17.4. The number of carbonyl (C=O) groups is 1. The van der Waals surface area contributed by atoms with Crippen molar-refractivity contribution in [3.05, 3.63) is 51.6 Å². The Bertz CT molecular complexity index is 995. The van der Waals surface area contributed by atoms with Gasteiger partial charge in [-0.1, -0.05) is 36.6 Å². The van der Waals surface area contributed by atoms with E-state index >= 15 is 0 Å². The van der Waals surface area contributed by atoms with E-state index in [2.05, 4.69) is 20.2 Å². The molecule has 3 heterocycles. The van der Waals surface area contributed by atoms with Crippen molar-refractivity contribution >= 4 is 44.9 Å². The van der Waals surface area contributed by atoms with Crippen molar-refractivity contribution in [3.8, 4) is 0 Å². The Kier molecular flexibility index (Phi) is 5.78. The van der Waals surface area contributed by atoms with Gasteiger partial charge in [0.25, 0.3) is 5.91 Å². The minimum absolute atomic E-state index is 0.0812. The lowest BCUT2D eigenvalue weighted by Gasteiger charge is -2.22. The molecule has 1 amide bonds. The van der Waals surface area contributed by atoms with Crippen molar-refractivity contribution in [2.75, 3.05) is 18.0 Å². The number of halogens is 1. The maximum absolute atomic E-state index is 12.8. The van der Waals surface area contributed by atoms with E-state index in [0.717, 1.165) is 40.3 Å². The molecule has 5 nitrogen and oxygen atoms in total. The summed E-state index contributed by atoms with van der Waals surface area (Å²) in [6.07, 6.45) is 6.52. The van der Waals surface area contributed by atoms with Gasteiger partial charge in [0.15, 0.2) is 0 Å². The Hall–Kier alpha value is -2.18. The molecule has 1 N–H and O–H groups in total. The summed E-state index contributed by atoms with van der Waals surface area (Å²) in [6, 6.07) is 7.53. The molecule has 0 bridgehead atoms. The van der Waals surface area contributed by atoms with Crippen LogP contribution in [0.4, 0.5) is 5.82 Å². The topological polar surface area (TPSA) is 58.1 Å². The zero-order valence-electron chi connectivity index (χ0n) is 15.9. The number of aryl methyl sites for hydroxylation is 1. The third-order valence-corrected chi connectivity index (χ3v) is 6.59. The quantitative estimate of drug-likeness (QED) is 0.655. The number of thiophene rings is 1. The molecule has 3 aromatic rings. The highest BCUT2D eigenvalue weighted by atomic mass is 35.5. The van der Waals surface area contributed by atoms with Crippen LogP contribution in [0.3, 0.4) is 0 Å². The smallest absolute Gasteiger partial charge is 0.261 e. The van der Waals surface area contributed by atoms with Crippen molar-refractivity contribution < 1.29 is 4.79 Å². The van der Waals surface area contributed by atoms with Gasteiger partial charge in [-0.3, -0.25) is 4.79 Å². The molecule has 1 aromatic carbocycles. The van der Waals surface area contributed by atoms with Gasteiger partial charge in [-0.25, -0.2) is 9.97 Å². The van der Waals surface area contributed by atoms with E-state index in [4.69, 9.17) is 11.6 Å². The summed E-state index contributed by atoms with van der Waals surface area (Å²) in [5.74, 6) is 0.886. The Morgan fingerprint density at radius 3 is 2.75 bits per heavy atom. The SMILES string of the molecule is Cc1c(C(=O)NCc2cccc(Cl)c2)sc2ncnc(N3CCCCCC3)c12. The second kappa shape index (κ2) is 8.45. The molecule has 0 spiro atoms. The monoisotopic (exact) mass is 414 g/mol. The number of carbonyl (C=O) groups excluding carboxylic acids is 1. The van der Waals surface area contributed by atoms with Gasteiger partial charge in [0.05, 0.1) is 10.3 Å². The van der Waals surface area contributed by atoms with Gasteiger partial charge in [0.2, 0.25) is 0 Å². The van der Waals surface area contributed by atoms with Gasteiger partial charge >= 0.3 is 0 Å². The van der Waals surface area contributed by atoms with Crippen molar-refractivity contribution in [3.63, 3.8) is 0 Å². The third kappa shape index (κ3) is 3.98. The van der Waals surface area contributed by atoms with Crippen LogP contribution in [0.1, 0.15) is 46.5 Å². The molecular weight excluding hydrogens is 392 g/mol. The van der Waals surface area contributed by atoms with Crippen LogP contribution in [0.15, 0.2) is 30.6 Å². The summed E-state index contributed by atoms with van der Waals surface area (Å²) < 4.78 is 0. The van der Waals surface area contributed by atoms with Crippen molar-refractivity contribution in [2.24, 2.45) is 0 Å². The Morgan fingerprint density at radius 1 is 1.21 bits per heavy atom. The summed E-state index contributed by atoms with van der Waals surface area (Å²) >= 11 is 7.47. The number of benzene rings is 1. The maximum atomic E-state index is 12.8. The van der Waals surface area contributed by atoms with Crippen LogP contribution in [0, 0.1) is 6.92 Å². The first-order valence-electron chi connectivity index (χ1n) is 9.65. The summed E-state index contributed by atoms with van der Waals surface area (Å²) in [5.41, 5.74) is 1.94. The molecule has 2 aromatic heterocycles. The second-order valence-corrected chi connectivity index (χ2v) is 8.58. The van der Waals surface area contributed by atoms with Crippen LogP contribution in [0.2, 0.25) is 5.02 Å². The number of anilines is 1. The molecule has 4 rings (SSSR count). The minimum Gasteiger partial charge on any atom is -0.356 e.